The number of carbonyl (C=O) groups is 1. The Balaban J connectivity index is 1.75. The Bertz CT molecular complexity index is 725. The number of rotatable bonds is 3. The number of carbonyl (C=O) groups excluding carboxylic acids is 1. The van der Waals surface area contributed by atoms with Crippen molar-refractivity contribution in [3.63, 3.8) is 0 Å². The monoisotopic (exact) mass is 325 g/mol. The zero-order valence-electron chi connectivity index (χ0n) is 14.5. The van der Waals surface area contributed by atoms with Crippen LogP contribution in [0.5, 0.6) is 5.75 Å². The molecule has 5 nitrogen and oxygen atoms in total. The van der Waals surface area contributed by atoms with Gasteiger partial charge < -0.3 is 9.64 Å². The van der Waals surface area contributed by atoms with E-state index >= 15 is 0 Å². The number of aromatic nitrogens is 1. The first-order chi connectivity index (χ1) is 11.5. The Morgan fingerprint density at radius 3 is 2.71 bits per heavy atom. The lowest BCUT2D eigenvalue weighted by Gasteiger charge is -2.21. The fourth-order valence-corrected chi connectivity index (χ4v) is 3.03. The molecule has 0 radical (unpaired) electrons. The quantitative estimate of drug-likeness (QED) is 0.870. The lowest BCUT2D eigenvalue weighted by Crippen LogP contribution is -2.38. The topological polar surface area (TPSA) is 45.7 Å². The summed E-state index contributed by atoms with van der Waals surface area (Å²) in [4.78, 5) is 21.1. The van der Waals surface area contributed by atoms with Gasteiger partial charge in [0.05, 0.1) is 0 Å². The molecule has 0 saturated carbocycles. The lowest BCUT2D eigenvalue weighted by molar-refractivity contribution is -0.120. The molecule has 2 aromatic rings. The van der Waals surface area contributed by atoms with E-state index in [1.54, 1.807) is 11.1 Å². The Hall–Kier alpha value is -2.40. The highest BCUT2D eigenvalue weighted by Crippen LogP contribution is 2.22. The molecule has 0 fully saturated rings. The minimum atomic E-state index is -0.0654. The van der Waals surface area contributed by atoms with Crippen LogP contribution < -0.4 is 9.64 Å². The maximum Gasteiger partial charge on any atom is 0.266 e. The highest BCUT2D eigenvalue weighted by atomic mass is 16.5. The second-order valence-electron chi connectivity index (χ2n) is 6.38. The number of fused-ring (bicyclic) bond motifs is 1. The Morgan fingerprint density at radius 2 is 1.96 bits per heavy atom. The van der Waals surface area contributed by atoms with Crippen LogP contribution in [0.4, 0.5) is 5.82 Å². The van der Waals surface area contributed by atoms with Crippen LogP contribution >= 0.6 is 0 Å². The highest BCUT2D eigenvalue weighted by Gasteiger charge is 2.24. The van der Waals surface area contributed by atoms with Crippen molar-refractivity contribution in [1.82, 2.24) is 9.88 Å². The van der Waals surface area contributed by atoms with E-state index in [2.05, 4.69) is 23.0 Å². The third-order valence-electron chi connectivity index (χ3n) is 4.13. The van der Waals surface area contributed by atoms with E-state index in [9.17, 15) is 4.79 Å². The highest BCUT2D eigenvalue weighted by molar-refractivity contribution is 5.94. The minimum absolute atomic E-state index is 0.0165. The molecular weight excluding hydrogens is 302 g/mol. The molecule has 1 aliphatic heterocycles. The number of aryl methyl sites for hydroxylation is 2. The van der Waals surface area contributed by atoms with Crippen LogP contribution in [0.25, 0.3) is 0 Å². The molecule has 2 heterocycles. The molecular formula is C19H23N3O2. The lowest BCUT2D eigenvalue weighted by atomic mass is 10.1. The van der Waals surface area contributed by atoms with Crippen LogP contribution in [-0.4, -0.2) is 42.5 Å². The van der Waals surface area contributed by atoms with Crippen LogP contribution in [0.3, 0.4) is 0 Å². The van der Waals surface area contributed by atoms with Crippen molar-refractivity contribution in [3.8, 4) is 5.75 Å². The van der Waals surface area contributed by atoms with E-state index in [4.69, 9.17) is 4.74 Å². The summed E-state index contributed by atoms with van der Waals surface area (Å²) in [5.74, 6) is 1.41. The number of hydrogen-bond donors (Lipinski definition) is 0. The predicted molar refractivity (Wildman–Crippen MR) is 94.3 cm³/mol. The predicted octanol–water partition coefficient (Wildman–Crippen LogP) is 2.56. The molecule has 0 atom stereocenters. The summed E-state index contributed by atoms with van der Waals surface area (Å²) in [5, 5.41) is 0. The molecule has 3 rings (SSSR count). The van der Waals surface area contributed by atoms with E-state index < -0.39 is 0 Å². The number of nitrogens with zero attached hydrogens (tertiary/aromatic N) is 3. The molecule has 126 valence electrons. The van der Waals surface area contributed by atoms with E-state index in [1.807, 2.05) is 38.1 Å². The molecule has 1 aromatic heterocycles. The molecule has 0 bridgehead atoms. The number of benzene rings is 1. The normalized spacial score (nSPS) is 14.9. The maximum absolute atomic E-state index is 12.7. The van der Waals surface area contributed by atoms with Crippen molar-refractivity contribution in [2.75, 3.05) is 31.6 Å². The molecule has 0 aliphatic carbocycles. The van der Waals surface area contributed by atoms with Crippen LogP contribution in [0.2, 0.25) is 0 Å². The Morgan fingerprint density at radius 1 is 1.21 bits per heavy atom. The molecule has 0 saturated heterocycles. The summed E-state index contributed by atoms with van der Waals surface area (Å²) in [6.07, 6.45) is 1.73. The van der Waals surface area contributed by atoms with Gasteiger partial charge in [-0.2, -0.15) is 0 Å². The number of hydrogen-bond acceptors (Lipinski definition) is 4. The third-order valence-corrected chi connectivity index (χ3v) is 4.13. The standard InChI is InChI=1S/C19H23N3O2/c1-14-9-15(2)11-17(10-14)24-13-18(23)22-8-7-21(3)12-16-5-4-6-20-19(16)22/h4-6,9-11H,7-8,12-13H2,1-3H3. The van der Waals surface area contributed by atoms with Crippen molar-refractivity contribution < 1.29 is 9.53 Å². The SMILES string of the molecule is Cc1cc(C)cc(OCC(=O)N2CCN(C)Cc3cccnc32)c1. The van der Waals surface area contributed by atoms with Crippen molar-refractivity contribution in [3.05, 3.63) is 53.2 Å². The van der Waals surface area contributed by atoms with Gasteiger partial charge in [0.2, 0.25) is 0 Å². The average molecular weight is 325 g/mol. The number of likely N-dealkylation sites (N-methyl/N-ethyl adjacent to an activating group) is 1. The van der Waals surface area contributed by atoms with Crippen molar-refractivity contribution in [2.24, 2.45) is 0 Å². The molecule has 1 aliphatic rings. The van der Waals surface area contributed by atoms with Crippen LogP contribution in [0.1, 0.15) is 16.7 Å². The number of pyridine rings is 1. The summed E-state index contributed by atoms with van der Waals surface area (Å²) >= 11 is 0. The van der Waals surface area contributed by atoms with Crippen molar-refractivity contribution in [2.45, 2.75) is 20.4 Å². The first-order valence-electron chi connectivity index (χ1n) is 8.17. The maximum atomic E-state index is 12.7. The molecule has 0 N–H and O–H groups in total. The summed E-state index contributed by atoms with van der Waals surface area (Å²) in [6.45, 7) is 6.29. The van der Waals surface area contributed by atoms with Gasteiger partial charge in [-0.1, -0.05) is 12.1 Å². The first kappa shape index (κ1) is 16.5. The van der Waals surface area contributed by atoms with Gasteiger partial charge in [-0.05, 0) is 50.2 Å². The fraction of sp³-hybridized carbons (Fsp3) is 0.368. The average Bonchev–Trinajstić information content (AvgIpc) is 2.70. The number of ether oxygens (including phenoxy) is 1. The van der Waals surface area contributed by atoms with Gasteiger partial charge in [0, 0.05) is 31.4 Å². The van der Waals surface area contributed by atoms with Crippen molar-refractivity contribution >= 4 is 11.7 Å². The minimum Gasteiger partial charge on any atom is -0.484 e. The van der Waals surface area contributed by atoms with E-state index in [0.717, 1.165) is 41.3 Å². The molecule has 0 spiro atoms. The fourth-order valence-electron chi connectivity index (χ4n) is 3.03. The Labute approximate surface area is 142 Å². The van der Waals surface area contributed by atoms with E-state index in [1.165, 1.54) is 0 Å². The zero-order valence-corrected chi connectivity index (χ0v) is 14.5. The number of amides is 1. The third kappa shape index (κ3) is 3.74. The van der Waals surface area contributed by atoms with E-state index in [-0.39, 0.29) is 12.5 Å². The molecule has 1 aromatic carbocycles. The van der Waals surface area contributed by atoms with Crippen LogP contribution in [0, 0.1) is 13.8 Å². The van der Waals surface area contributed by atoms with E-state index in [0.29, 0.717) is 6.54 Å². The number of anilines is 1. The second kappa shape index (κ2) is 7.01. The largest absolute Gasteiger partial charge is 0.484 e. The molecule has 1 amide bonds. The van der Waals surface area contributed by atoms with Gasteiger partial charge in [-0.15, -0.1) is 0 Å². The van der Waals surface area contributed by atoms with Gasteiger partial charge in [0.1, 0.15) is 11.6 Å². The molecule has 5 heteroatoms. The van der Waals surface area contributed by atoms with Crippen molar-refractivity contribution in [1.29, 1.82) is 0 Å². The second-order valence-corrected chi connectivity index (χ2v) is 6.38. The molecule has 0 unspecified atom stereocenters. The summed E-state index contributed by atoms with van der Waals surface area (Å²) < 4.78 is 5.73. The van der Waals surface area contributed by atoms with Crippen LogP contribution in [-0.2, 0) is 11.3 Å². The smallest absolute Gasteiger partial charge is 0.266 e. The van der Waals surface area contributed by atoms with Gasteiger partial charge in [-0.25, -0.2) is 4.98 Å². The Kier molecular flexibility index (Phi) is 4.81. The first-order valence-corrected chi connectivity index (χ1v) is 8.17. The molecule has 24 heavy (non-hydrogen) atoms. The summed E-state index contributed by atoms with van der Waals surface area (Å²) in [5.41, 5.74) is 3.32. The summed E-state index contributed by atoms with van der Waals surface area (Å²) in [7, 11) is 2.05. The zero-order chi connectivity index (χ0) is 17.1. The van der Waals surface area contributed by atoms with Gasteiger partial charge in [0.25, 0.3) is 5.91 Å². The van der Waals surface area contributed by atoms with Gasteiger partial charge in [-0.3, -0.25) is 9.69 Å². The van der Waals surface area contributed by atoms with Gasteiger partial charge >= 0.3 is 0 Å². The van der Waals surface area contributed by atoms with Gasteiger partial charge in [0.15, 0.2) is 6.61 Å². The summed E-state index contributed by atoms with van der Waals surface area (Å²) in [6, 6.07) is 9.91. The van der Waals surface area contributed by atoms with Crippen LogP contribution in [0.15, 0.2) is 36.5 Å².